The molecule has 0 aliphatic carbocycles. The van der Waals surface area contributed by atoms with Gasteiger partial charge >= 0.3 is 0 Å². The summed E-state index contributed by atoms with van der Waals surface area (Å²) in [6.45, 7) is 4.52. The molecule has 172 valence electrons. The van der Waals surface area contributed by atoms with Crippen molar-refractivity contribution in [2.75, 3.05) is 9.91 Å². The Labute approximate surface area is 204 Å². The summed E-state index contributed by atoms with van der Waals surface area (Å²) in [5.74, 6) is 0.355. The van der Waals surface area contributed by atoms with Gasteiger partial charge in [-0.15, -0.1) is 5.10 Å². The van der Waals surface area contributed by atoms with Crippen LogP contribution in [-0.4, -0.2) is 17.8 Å². The number of para-hydroxylation sites is 1. The topological polar surface area (TPSA) is 61.9 Å². The van der Waals surface area contributed by atoms with Gasteiger partial charge in [0.15, 0.2) is 5.84 Å². The second kappa shape index (κ2) is 8.13. The van der Waals surface area contributed by atoms with E-state index in [-0.39, 0.29) is 11.7 Å². The number of amides is 1. The van der Waals surface area contributed by atoms with Crippen LogP contribution >= 0.6 is 0 Å². The molecule has 2 aliphatic heterocycles. The van der Waals surface area contributed by atoms with Crippen molar-refractivity contribution in [2.24, 2.45) is 10.8 Å². The van der Waals surface area contributed by atoms with Gasteiger partial charge in [0.2, 0.25) is 0 Å². The number of hydrogen-bond acceptors (Lipinski definition) is 4. The van der Waals surface area contributed by atoms with Gasteiger partial charge in [-0.1, -0.05) is 61.5 Å². The average Bonchev–Trinajstić information content (AvgIpc) is 3.31. The lowest BCUT2D eigenvalue weighted by Crippen LogP contribution is -2.25. The number of rotatable bonds is 3. The maximum atomic E-state index is 13.1. The summed E-state index contributed by atoms with van der Waals surface area (Å²) >= 11 is 0. The molecule has 2 aliphatic rings. The van der Waals surface area contributed by atoms with Crippen LogP contribution in [0.15, 0.2) is 102 Å². The molecule has 2 heterocycles. The van der Waals surface area contributed by atoms with Crippen molar-refractivity contribution in [3.8, 4) is 0 Å². The van der Waals surface area contributed by atoms with Crippen LogP contribution in [0.3, 0.4) is 0 Å². The van der Waals surface area contributed by atoms with Gasteiger partial charge in [0.05, 0.1) is 11.3 Å². The van der Waals surface area contributed by atoms with Gasteiger partial charge < -0.3 is 10.6 Å². The summed E-state index contributed by atoms with van der Waals surface area (Å²) in [5, 5.41) is 8.13. The van der Waals surface area contributed by atoms with E-state index < -0.39 is 0 Å². The molecule has 0 saturated heterocycles. The summed E-state index contributed by atoms with van der Waals surface area (Å²) in [7, 11) is 0. The molecule has 0 fully saturated rings. The molecule has 4 aromatic rings. The number of anilines is 3. The third-order valence-corrected chi connectivity index (χ3v) is 7.16. The second-order valence-corrected chi connectivity index (χ2v) is 9.24. The summed E-state index contributed by atoms with van der Waals surface area (Å²) < 4.78 is 0. The maximum Gasteiger partial charge on any atom is 0.282 e. The predicted octanol–water partition coefficient (Wildman–Crippen LogP) is 6.19. The Balaban J connectivity index is 1.35. The molecular weight excluding hydrogens is 432 g/mol. The third-order valence-electron chi connectivity index (χ3n) is 7.16. The van der Waals surface area contributed by atoms with E-state index >= 15 is 0 Å². The SMILES string of the molecule is CC1c2cc(C=C3C(=O)N(c4ccccc4)N=C3N)ccc2N(c2ccc3ccccc3c2)C1C. The van der Waals surface area contributed by atoms with Gasteiger partial charge in [-0.25, -0.2) is 0 Å². The van der Waals surface area contributed by atoms with Gasteiger partial charge in [0, 0.05) is 23.3 Å². The molecular formula is C30H26N4O. The number of hydrazone groups is 1. The third kappa shape index (κ3) is 3.48. The first-order valence-corrected chi connectivity index (χ1v) is 11.9. The minimum atomic E-state index is -0.214. The van der Waals surface area contributed by atoms with Gasteiger partial charge in [0.1, 0.15) is 0 Å². The maximum absolute atomic E-state index is 13.1. The highest BCUT2D eigenvalue weighted by atomic mass is 16.2. The fourth-order valence-corrected chi connectivity index (χ4v) is 5.13. The van der Waals surface area contributed by atoms with Crippen molar-refractivity contribution >= 4 is 45.7 Å². The minimum absolute atomic E-state index is 0.214. The zero-order chi connectivity index (χ0) is 24.1. The van der Waals surface area contributed by atoms with E-state index in [2.05, 4.69) is 84.5 Å². The van der Waals surface area contributed by atoms with Gasteiger partial charge in [-0.3, -0.25) is 4.79 Å². The molecule has 0 aromatic heterocycles. The van der Waals surface area contributed by atoms with Crippen molar-refractivity contribution in [2.45, 2.75) is 25.8 Å². The molecule has 0 spiro atoms. The normalized spacial score (nSPS) is 20.6. The smallest absolute Gasteiger partial charge is 0.282 e. The first-order valence-electron chi connectivity index (χ1n) is 11.9. The monoisotopic (exact) mass is 458 g/mol. The Bertz CT molecular complexity index is 1520. The van der Waals surface area contributed by atoms with E-state index in [1.807, 2.05) is 36.4 Å². The van der Waals surface area contributed by atoms with Crippen LogP contribution < -0.4 is 15.6 Å². The van der Waals surface area contributed by atoms with Crippen molar-refractivity contribution in [3.63, 3.8) is 0 Å². The van der Waals surface area contributed by atoms with Crippen molar-refractivity contribution in [3.05, 3.63) is 108 Å². The lowest BCUT2D eigenvalue weighted by Gasteiger charge is -2.27. The molecule has 1 amide bonds. The van der Waals surface area contributed by atoms with Crippen LogP contribution in [0.2, 0.25) is 0 Å². The van der Waals surface area contributed by atoms with Crippen LogP contribution in [0.4, 0.5) is 17.1 Å². The van der Waals surface area contributed by atoms with E-state index in [0.717, 1.165) is 5.56 Å². The van der Waals surface area contributed by atoms with E-state index in [4.69, 9.17) is 5.73 Å². The Morgan fingerprint density at radius 2 is 1.57 bits per heavy atom. The second-order valence-electron chi connectivity index (χ2n) is 9.24. The van der Waals surface area contributed by atoms with Crippen LogP contribution in [-0.2, 0) is 4.79 Å². The number of carbonyl (C=O) groups excluding carboxylic acids is 1. The molecule has 2 atom stereocenters. The summed E-state index contributed by atoms with van der Waals surface area (Å²) in [5.41, 5.74) is 11.9. The Morgan fingerprint density at radius 3 is 2.37 bits per heavy atom. The van der Waals surface area contributed by atoms with E-state index in [1.54, 1.807) is 0 Å². The molecule has 2 N–H and O–H groups in total. The zero-order valence-electron chi connectivity index (χ0n) is 19.7. The standard InChI is InChI=1S/C30H26N4O/c1-19-20(2)33(25-14-13-22-8-6-7-9-23(22)18-25)28-15-12-21(16-26(19)28)17-27-29(31)32-34(30(27)35)24-10-4-3-5-11-24/h3-20H,1-2H3,(H2,31,32). The molecule has 5 heteroatoms. The van der Waals surface area contributed by atoms with Gasteiger partial charge in [0.25, 0.3) is 5.91 Å². The first-order chi connectivity index (χ1) is 17.0. The van der Waals surface area contributed by atoms with E-state index in [1.165, 1.54) is 32.7 Å². The highest BCUT2D eigenvalue weighted by Gasteiger charge is 2.34. The highest BCUT2D eigenvalue weighted by molar-refractivity contribution is 6.31. The number of carbonyl (C=O) groups is 1. The predicted molar refractivity (Wildman–Crippen MR) is 144 cm³/mol. The van der Waals surface area contributed by atoms with Crippen LogP contribution in [0.25, 0.3) is 16.8 Å². The molecule has 5 nitrogen and oxygen atoms in total. The van der Waals surface area contributed by atoms with E-state index in [0.29, 0.717) is 23.2 Å². The lowest BCUT2D eigenvalue weighted by atomic mass is 9.96. The fraction of sp³-hybridized carbons (Fsp3) is 0.133. The van der Waals surface area contributed by atoms with E-state index in [9.17, 15) is 4.79 Å². The lowest BCUT2D eigenvalue weighted by molar-refractivity contribution is -0.114. The molecule has 6 rings (SSSR count). The summed E-state index contributed by atoms with van der Waals surface area (Å²) in [6, 6.07) is 31.1. The molecule has 2 unspecified atom stereocenters. The molecule has 0 bridgehead atoms. The average molecular weight is 459 g/mol. The Morgan fingerprint density at radius 1 is 0.829 bits per heavy atom. The minimum Gasteiger partial charge on any atom is -0.382 e. The highest BCUT2D eigenvalue weighted by Crippen LogP contribution is 2.46. The molecule has 0 saturated carbocycles. The fourth-order valence-electron chi connectivity index (χ4n) is 5.13. The number of hydrogen-bond donors (Lipinski definition) is 1. The Hall–Kier alpha value is -4.38. The van der Waals surface area contributed by atoms with Gasteiger partial charge in [-0.2, -0.15) is 5.01 Å². The number of fused-ring (bicyclic) bond motifs is 2. The number of nitrogens with zero attached hydrogens (tertiary/aromatic N) is 3. The largest absolute Gasteiger partial charge is 0.382 e. The van der Waals surface area contributed by atoms with Crippen molar-refractivity contribution in [1.29, 1.82) is 0 Å². The van der Waals surface area contributed by atoms with Crippen molar-refractivity contribution in [1.82, 2.24) is 0 Å². The van der Waals surface area contributed by atoms with Crippen molar-refractivity contribution < 1.29 is 4.79 Å². The Kier molecular flexibility index (Phi) is 4.92. The quantitative estimate of drug-likeness (QED) is 0.373. The zero-order valence-corrected chi connectivity index (χ0v) is 19.7. The number of amidine groups is 1. The molecule has 0 radical (unpaired) electrons. The number of nitrogens with two attached hydrogens (primary N) is 1. The van der Waals surface area contributed by atoms with Crippen LogP contribution in [0.1, 0.15) is 30.9 Å². The van der Waals surface area contributed by atoms with Crippen LogP contribution in [0.5, 0.6) is 0 Å². The first kappa shape index (κ1) is 21.2. The molecule has 4 aromatic carbocycles. The van der Waals surface area contributed by atoms with Crippen LogP contribution in [0, 0.1) is 0 Å². The number of benzene rings is 4. The molecule has 35 heavy (non-hydrogen) atoms. The summed E-state index contributed by atoms with van der Waals surface area (Å²) in [6.07, 6.45) is 1.85. The summed E-state index contributed by atoms with van der Waals surface area (Å²) in [4.78, 5) is 15.5. The van der Waals surface area contributed by atoms with Gasteiger partial charge in [-0.05, 0) is 71.3 Å².